The maximum Gasteiger partial charge on any atom is 0.353 e. The lowest BCUT2D eigenvalue weighted by molar-refractivity contribution is -0.237. The van der Waals surface area contributed by atoms with Gasteiger partial charge in [-0.2, -0.15) is 5.26 Å². The van der Waals surface area contributed by atoms with Gasteiger partial charge >= 0.3 is 5.97 Å². The highest BCUT2D eigenvalue weighted by atomic mass is 35.5. The quantitative estimate of drug-likeness (QED) is 0.450. The molecule has 1 atom stereocenters. The van der Waals surface area contributed by atoms with Crippen LogP contribution in [-0.2, 0) is 16.1 Å². The summed E-state index contributed by atoms with van der Waals surface area (Å²) in [5.41, 5.74) is 1.18. The zero-order chi connectivity index (χ0) is 11.0. The maximum absolute atomic E-state index is 11.7. The van der Waals surface area contributed by atoms with E-state index in [9.17, 15) is 9.59 Å². The predicted molar refractivity (Wildman–Crippen MR) is 51.7 cm³/mol. The van der Waals surface area contributed by atoms with E-state index >= 15 is 0 Å². The molecule has 1 N–H and O–H groups in total. The van der Waals surface area contributed by atoms with Crippen LogP contribution in [0.1, 0.15) is 15.9 Å². The third-order valence-electron chi connectivity index (χ3n) is 2.45. The first-order valence-electron chi connectivity index (χ1n) is 4.31. The van der Waals surface area contributed by atoms with Gasteiger partial charge in [-0.15, -0.1) is 0 Å². The van der Waals surface area contributed by atoms with Crippen molar-refractivity contribution in [2.75, 3.05) is 0 Å². The molecule has 15 heavy (non-hydrogen) atoms. The van der Waals surface area contributed by atoms with Gasteiger partial charge in [-0.3, -0.25) is 4.79 Å². The van der Waals surface area contributed by atoms with E-state index in [0.29, 0.717) is 16.1 Å². The summed E-state index contributed by atoms with van der Waals surface area (Å²) < 4.78 is 0. The van der Waals surface area contributed by atoms with Crippen LogP contribution in [0.25, 0.3) is 0 Å². The molecule has 0 radical (unpaired) electrons. The molecule has 2 rings (SSSR count). The normalized spacial score (nSPS) is 18.8. The van der Waals surface area contributed by atoms with Crippen molar-refractivity contribution in [1.29, 1.82) is 0 Å². The van der Waals surface area contributed by atoms with E-state index in [0.717, 1.165) is 0 Å². The molecule has 0 saturated heterocycles. The van der Waals surface area contributed by atoms with Crippen molar-refractivity contribution in [3.8, 4) is 0 Å². The number of halogens is 1. The van der Waals surface area contributed by atoms with Gasteiger partial charge in [0.05, 0.1) is 0 Å². The molecule has 0 saturated carbocycles. The smallest absolute Gasteiger partial charge is 0.300 e. The first-order valence-corrected chi connectivity index (χ1v) is 4.69. The van der Waals surface area contributed by atoms with E-state index in [4.69, 9.17) is 16.9 Å². The number of carbonyl (C=O) groups excluding carboxylic acids is 2. The second-order valence-electron chi connectivity index (χ2n) is 3.33. The van der Waals surface area contributed by atoms with Crippen molar-refractivity contribution in [1.82, 2.24) is 0 Å². The average molecular weight is 227 g/mol. The van der Waals surface area contributed by atoms with Gasteiger partial charge in [-0.05, 0) is 30.2 Å². The molecule has 1 aromatic carbocycles. The third kappa shape index (κ3) is 1.62. The summed E-state index contributed by atoms with van der Waals surface area (Å²) in [7, 11) is 0. The molecular weight excluding hydrogens is 220 g/mol. The lowest BCUT2D eigenvalue weighted by Gasteiger charge is -2.01. The fourth-order valence-corrected chi connectivity index (χ4v) is 1.92. The highest BCUT2D eigenvalue weighted by molar-refractivity contribution is 6.31. The van der Waals surface area contributed by atoms with Crippen molar-refractivity contribution in [2.24, 2.45) is 5.92 Å². The summed E-state index contributed by atoms with van der Waals surface area (Å²) in [6.45, 7) is 0. The molecule has 1 aromatic rings. The molecule has 1 aliphatic rings. The number of Topliss-reactive ketones (excluding diaryl/α,β-unsaturated/α-hetero) is 1. The van der Waals surface area contributed by atoms with Crippen LogP contribution in [0.2, 0.25) is 5.02 Å². The Labute approximate surface area is 90.3 Å². The Morgan fingerprint density at radius 1 is 1.53 bits per heavy atom. The number of rotatable bonds is 1. The molecule has 1 unspecified atom stereocenters. The van der Waals surface area contributed by atoms with Gasteiger partial charge in [0.1, 0.15) is 5.92 Å². The zero-order valence-electron chi connectivity index (χ0n) is 7.57. The SMILES string of the molecule is O=C(OO)C1Cc2cc(Cl)ccc2C1=O. The summed E-state index contributed by atoms with van der Waals surface area (Å²) >= 11 is 5.76. The van der Waals surface area contributed by atoms with E-state index in [1.807, 2.05) is 0 Å². The Kier molecular flexibility index (Phi) is 2.46. The summed E-state index contributed by atoms with van der Waals surface area (Å²) in [4.78, 5) is 26.3. The van der Waals surface area contributed by atoms with Crippen LogP contribution in [-0.4, -0.2) is 17.0 Å². The Morgan fingerprint density at radius 2 is 2.27 bits per heavy atom. The van der Waals surface area contributed by atoms with Crippen LogP contribution in [0, 0.1) is 5.92 Å². The molecule has 0 heterocycles. The minimum Gasteiger partial charge on any atom is -0.300 e. The highest BCUT2D eigenvalue weighted by Gasteiger charge is 2.37. The van der Waals surface area contributed by atoms with Crippen LogP contribution >= 0.6 is 11.6 Å². The zero-order valence-corrected chi connectivity index (χ0v) is 8.32. The lowest BCUT2D eigenvalue weighted by atomic mass is 10.1. The Bertz CT molecular complexity index is 441. The van der Waals surface area contributed by atoms with Gasteiger partial charge < -0.3 is 4.89 Å². The Balaban J connectivity index is 2.37. The summed E-state index contributed by atoms with van der Waals surface area (Å²) in [5.74, 6) is -2.20. The van der Waals surface area contributed by atoms with Gasteiger partial charge in [-0.1, -0.05) is 11.6 Å². The fraction of sp³-hybridized carbons (Fsp3) is 0.200. The van der Waals surface area contributed by atoms with Crippen molar-refractivity contribution in [3.63, 3.8) is 0 Å². The van der Waals surface area contributed by atoms with Crippen LogP contribution in [0.4, 0.5) is 0 Å². The van der Waals surface area contributed by atoms with E-state index < -0.39 is 11.9 Å². The number of carbonyl (C=O) groups is 2. The first kappa shape index (κ1) is 10.1. The number of fused-ring (bicyclic) bond motifs is 1. The molecule has 78 valence electrons. The third-order valence-corrected chi connectivity index (χ3v) is 2.68. The minimum atomic E-state index is -0.941. The molecule has 4 nitrogen and oxygen atoms in total. The number of hydrogen-bond donors (Lipinski definition) is 1. The Morgan fingerprint density at radius 3 is 2.93 bits per heavy atom. The molecule has 0 aliphatic heterocycles. The van der Waals surface area contributed by atoms with Crippen LogP contribution < -0.4 is 0 Å². The second-order valence-corrected chi connectivity index (χ2v) is 3.77. The van der Waals surface area contributed by atoms with Gasteiger partial charge in [0.15, 0.2) is 5.78 Å². The van der Waals surface area contributed by atoms with Gasteiger partial charge in [-0.25, -0.2) is 4.79 Å². The van der Waals surface area contributed by atoms with Crippen molar-refractivity contribution in [3.05, 3.63) is 34.3 Å². The standard InChI is InChI=1S/C10H7ClO4/c11-6-1-2-7-5(3-6)4-8(9(7)12)10(13)15-14/h1-3,8,14H,4H2. The largest absolute Gasteiger partial charge is 0.353 e. The van der Waals surface area contributed by atoms with E-state index in [1.54, 1.807) is 18.2 Å². The highest BCUT2D eigenvalue weighted by Crippen LogP contribution is 2.29. The predicted octanol–water partition coefficient (Wildman–Crippen LogP) is 1.71. The van der Waals surface area contributed by atoms with E-state index in [1.165, 1.54) is 0 Å². The van der Waals surface area contributed by atoms with Crippen molar-refractivity contribution in [2.45, 2.75) is 6.42 Å². The number of benzene rings is 1. The molecule has 0 spiro atoms. The summed E-state index contributed by atoms with van der Waals surface area (Å²) in [5, 5.41) is 8.73. The van der Waals surface area contributed by atoms with Crippen LogP contribution in [0.15, 0.2) is 18.2 Å². The monoisotopic (exact) mass is 226 g/mol. The van der Waals surface area contributed by atoms with Crippen molar-refractivity contribution >= 4 is 23.4 Å². The van der Waals surface area contributed by atoms with Crippen molar-refractivity contribution < 1.29 is 19.7 Å². The topological polar surface area (TPSA) is 63.6 Å². The molecule has 1 aliphatic carbocycles. The molecular formula is C10H7ClO4. The van der Waals surface area contributed by atoms with Gasteiger partial charge in [0.25, 0.3) is 0 Å². The van der Waals surface area contributed by atoms with Gasteiger partial charge in [0, 0.05) is 10.6 Å². The van der Waals surface area contributed by atoms with Crippen LogP contribution in [0.5, 0.6) is 0 Å². The lowest BCUT2D eigenvalue weighted by Crippen LogP contribution is -2.21. The summed E-state index contributed by atoms with van der Waals surface area (Å²) in [6, 6.07) is 4.80. The Hall–Kier alpha value is -1.39. The molecule has 0 bridgehead atoms. The van der Waals surface area contributed by atoms with E-state index in [2.05, 4.69) is 4.89 Å². The first-order chi connectivity index (χ1) is 7.13. The minimum absolute atomic E-state index is 0.230. The number of ketones is 1. The molecule has 5 heteroatoms. The van der Waals surface area contributed by atoms with Crippen LogP contribution in [0.3, 0.4) is 0 Å². The summed E-state index contributed by atoms with van der Waals surface area (Å²) in [6.07, 6.45) is 0.230. The molecule has 0 fully saturated rings. The fourth-order valence-electron chi connectivity index (χ4n) is 1.73. The van der Waals surface area contributed by atoms with Gasteiger partial charge in [0.2, 0.25) is 0 Å². The molecule has 0 amide bonds. The number of hydrogen-bond acceptors (Lipinski definition) is 4. The molecule has 0 aromatic heterocycles. The average Bonchev–Trinajstić information content (AvgIpc) is 2.54. The second kappa shape index (κ2) is 3.64. The van der Waals surface area contributed by atoms with E-state index in [-0.39, 0.29) is 12.2 Å². The maximum atomic E-state index is 11.7.